The number of benzene rings is 2. The van der Waals surface area contributed by atoms with Gasteiger partial charge in [0.1, 0.15) is 6.54 Å². The van der Waals surface area contributed by atoms with Gasteiger partial charge in [-0.3, -0.25) is 14.4 Å². The lowest BCUT2D eigenvalue weighted by Crippen LogP contribution is -2.36. The number of nitrogens with one attached hydrogen (secondary N) is 1. The van der Waals surface area contributed by atoms with Crippen molar-refractivity contribution in [1.29, 1.82) is 0 Å². The standard InChI is InChI=1S/C17H18N2O4/c1-11(17(18)22)23-16(21)10-19-15(20)9-13-7-4-6-12-5-2-3-8-14(12)13/h2-8,11H,9-10H2,1H3,(H2,18,22)(H,19,20)/t11-/m1/s1. The Kier molecular flexibility index (Phi) is 5.30. The quantitative estimate of drug-likeness (QED) is 0.774. The number of primary amides is 1. The molecule has 6 nitrogen and oxygen atoms in total. The van der Waals surface area contributed by atoms with Crippen molar-refractivity contribution in [3.8, 4) is 0 Å². The van der Waals surface area contributed by atoms with Crippen LogP contribution in [-0.4, -0.2) is 30.4 Å². The smallest absolute Gasteiger partial charge is 0.326 e. The number of ether oxygens (including phenoxy) is 1. The van der Waals surface area contributed by atoms with Gasteiger partial charge in [-0.2, -0.15) is 0 Å². The van der Waals surface area contributed by atoms with Crippen molar-refractivity contribution in [3.05, 3.63) is 48.0 Å². The fourth-order valence-corrected chi connectivity index (χ4v) is 2.15. The molecule has 1 atom stereocenters. The SMILES string of the molecule is C[C@@H](OC(=O)CNC(=O)Cc1cccc2ccccc12)C(N)=O. The van der Waals surface area contributed by atoms with E-state index >= 15 is 0 Å². The summed E-state index contributed by atoms with van der Waals surface area (Å²) >= 11 is 0. The molecule has 0 aromatic heterocycles. The number of nitrogens with two attached hydrogens (primary N) is 1. The van der Waals surface area contributed by atoms with Crippen molar-refractivity contribution < 1.29 is 19.1 Å². The molecule has 120 valence electrons. The minimum atomic E-state index is -1.02. The maximum absolute atomic E-state index is 12.0. The number of fused-ring (bicyclic) bond motifs is 1. The second kappa shape index (κ2) is 7.40. The summed E-state index contributed by atoms with van der Waals surface area (Å²) in [5, 5.41) is 4.52. The molecule has 0 aliphatic rings. The van der Waals surface area contributed by atoms with Crippen LogP contribution in [0.2, 0.25) is 0 Å². The van der Waals surface area contributed by atoms with Gasteiger partial charge in [0.2, 0.25) is 5.91 Å². The molecule has 0 saturated heterocycles. The highest BCUT2D eigenvalue weighted by Gasteiger charge is 2.15. The third-order valence-electron chi connectivity index (χ3n) is 3.37. The summed E-state index contributed by atoms with van der Waals surface area (Å²) in [6.45, 7) is 1.07. The van der Waals surface area contributed by atoms with E-state index in [4.69, 9.17) is 10.5 Å². The average molecular weight is 314 g/mol. The van der Waals surface area contributed by atoms with E-state index in [0.717, 1.165) is 16.3 Å². The van der Waals surface area contributed by atoms with Crippen molar-refractivity contribution in [3.63, 3.8) is 0 Å². The van der Waals surface area contributed by atoms with Gasteiger partial charge in [0.25, 0.3) is 5.91 Å². The molecule has 0 aliphatic heterocycles. The Bertz CT molecular complexity index is 737. The highest BCUT2D eigenvalue weighted by molar-refractivity contribution is 5.91. The minimum Gasteiger partial charge on any atom is -0.451 e. The molecular weight excluding hydrogens is 296 g/mol. The lowest BCUT2D eigenvalue weighted by molar-refractivity contribution is -0.153. The lowest BCUT2D eigenvalue weighted by Gasteiger charge is -2.10. The Labute approximate surface area is 133 Å². The molecule has 0 bridgehead atoms. The molecule has 23 heavy (non-hydrogen) atoms. The van der Waals surface area contributed by atoms with Crippen molar-refractivity contribution in [2.45, 2.75) is 19.4 Å². The van der Waals surface area contributed by atoms with Gasteiger partial charge >= 0.3 is 5.97 Å². The number of hydrogen-bond donors (Lipinski definition) is 2. The van der Waals surface area contributed by atoms with E-state index in [1.807, 2.05) is 42.5 Å². The first-order chi connectivity index (χ1) is 11.0. The molecule has 0 aliphatic carbocycles. The van der Waals surface area contributed by atoms with Crippen LogP contribution >= 0.6 is 0 Å². The molecule has 6 heteroatoms. The van der Waals surface area contributed by atoms with Gasteiger partial charge in [-0.15, -0.1) is 0 Å². The first-order valence-corrected chi connectivity index (χ1v) is 7.19. The van der Waals surface area contributed by atoms with Crippen LogP contribution in [0.5, 0.6) is 0 Å². The molecule has 2 aromatic carbocycles. The van der Waals surface area contributed by atoms with E-state index in [-0.39, 0.29) is 18.9 Å². The summed E-state index contributed by atoms with van der Waals surface area (Å²) in [7, 11) is 0. The first-order valence-electron chi connectivity index (χ1n) is 7.19. The molecule has 0 saturated carbocycles. The number of rotatable bonds is 6. The van der Waals surface area contributed by atoms with E-state index in [2.05, 4.69) is 5.32 Å². The first kappa shape index (κ1) is 16.5. The summed E-state index contributed by atoms with van der Waals surface area (Å²) in [6, 6.07) is 13.5. The van der Waals surface area contributed by atoms with Gasteiger partial charge in [0.15, 0.2) is 6.10 Å². The predicted molar refractivity (Wildman–Crippen MR) is 85.4 cm³/mol. The van der Waals surface area contributed by atoms with Crippen LogP contribution in [0.15, 0.2) is 42.5 Å². The fraction of sp³-hybridized carbons (Fsp3) is 0.235. The summed E-state index contributed by atoms with van der Waals surface area (Å²) in [5.74, 6) is -1.74. The van der Waals surface area contributed by atoms with E-state index in [9.17, 15) is 14.4 Å². The van der Waals surface area contributed by atoms with Crippen LogP contribution < -0.4 is 11.1 Å². The number of esters is 1. The maximum Gasteiger partial charge on any atom is 0.326 e. The van der Waals surface area contributed by atoms with Crippen LogP contribution in [-0.2, 0) is 25.5 Å². The molecule has 2 rings (SSSR count). The van der Waals surface area contributed by atoms with E-state index in [1.54, 1.807) is 0 Å². The summed E-state index contributed by atoms with van der Waals surface area (Å²) in [6.07, 6.45) is -0.863. The molecular formula is C17H18N2O4. The molecule has 2 aromatic rings. The Morgan fingerprint density at radius 2 is 1.83 bits per heavy atom. The van der Waals surface area contributed by atoms with Gasteiger partial charge in [0, 0.05) is 0 Å². The fourth-order valence-electron chi connectivity index (χ4n) is 2.15. The van der Waals surface area contributed by atoms with E-state index in [1.165, 1.54) is 6.92 Å². The second-order valence-electron chi connectivity index (χ2n) is 5.13. The van der Waals surface area contributed by atoms with Crippen LogP contribution in [0.3, 0.4) is 0 Å². The largest absolute Gasteiger partial charge is 0.451 e. The Morgan fingerprint density at radius 3 is 2.57 bits per heavy atom. The van der Waals surface area contributed by atoms with Crippen LogP contribution in [0.25, 0.3) is 10.8 Å². The van der Waals surface area contributed by atoms with Crippen molar-refractivity contribution in [1.82, 2.24) is 5.32 Å². The lowest BCUT2D eigenvalue weighted by atomic mass is 10.0. The minimum absolute atomic E-state index is 0.153. The van der Waals surface area contributed by atoms with Gasteiger partial charge in [-0.25, -0.2) is 0 Å². The monoisotopic (exact) mass is 314 g/mol. The Morgan fingerprint density at radius 1 is 1.13 bits per heavy atom. The third kappa shape index (κ3) is 4.54. The van der Waals surface area contributed by atoms with Gasteiger partial charge in [0.05, 0.1) is 6.42 Å². The number of amides is 2. The highest BCUT2D eigenvalue weighted by Crippen LogP contribution is 2.18. The summed E-state index contributed by atoms with van der Waals surface area (Å²) in [4.78, 5) is 34.2. The zero-order chi connectivity index (χ0) is 16.8. The average Bonchev–Trinajstić information content (AvgIpc) is 2.53. The van der Waals surface area contributed by atoms with Gasteiger partial charge in [-0.05, 0) is 23.3 Å². The van der Waals surface area contributed by atoms with E-state index in [0.29, 0.717) is 0 Å². The molecule has 0 fully saturated rings. The van der Waals surface area contributed by atoms with Crippen LogP contribution in [0.1, 0.15) is 12.5 Å². The second-order valence-corrected chi connectivity index (χ2v) is 5.13. The summed E-state index contributed by atoms with van der Waals surface area (Å²) < 4.78 is 4.75. The van der Waals surface area contributed by atoms with Crippen molar-refractivity contribution >= 4 is 28.6 Å². The zero-order valence-electron chi connectivity index (χ0n) is 12.7. The summed E-state index contributed by atoms with van der Waals surface area (Å²) in [5.41, 5.74) is 5.87. The third-order valence-corrected chi connectivity index (χ3v) is 3.37. The molecule has 0 heterocycles. The van der Waals surface area contributed by atoms with E-state index < -0.39 is 18.0 Å². The topological polar surface area (TPSA) is 98.5 Å². The highest BCUT2D eigenvalue weighted by atomic mass is 16.5. The number of carbonyl (C=O) groups is 3. The van der Waals surface area contributed by atoms with Gasteiger partial charge in [-0.1, -0.05) is 42.5 Å². The molecule has 2 amide bonds. The van der Waals surface area contributed by atoms with Crippen LogP contribution in [0.4, 0.5) is 0 Å². The van der Waals surface area contributed by atoms with Gasteiger partial charge < -0.3 is 15.8 Å². The Hall–Kier alpha value is -2.89. The number of carbonyl (C=O) groups excluding carboxylic acids is 3. The zero-order valence-corrected chi connectivity index (χ0v) is 12.7. The van der Waals surface area contributed by atoms with Crippen molar-refractivity contribution in [2.24, 2.45) is 5.73 Å². The normalized spacial score (nSPS) is 11.7. The molecule has 3 N–H and O–H groups in total. The van der Waals surface area contributed by atoms with Crippen LogP contribution in [0, 0.1) is 0 Å². The predicted octanol–water partition coefficient (Wildman–Crippen LogP) is 0.915. The number of hydrogen-bond acceptors (Lipinski definition) is 4. The Balaban J connectivity index is 1.92. The molecule has 0 radical (unpaired) electrons. The molecule has 0 unspecified atom stereocenters. The molecule has 0 spiro atoms. The maximum atomic E-state index is 12.0. The van der Waals surface area contributed by atoms with Crippen molar-refractivity contribution in [2.75, 3.05) is 6.54 Å².